The van der Waals surface area contributed by atoms with E-state index in [1.165, 1.54) is 0 Å². The number of anilines is 2. The number of ether oxygens (including phenoxy) is 2. The van der Waals surface area contributed by atoms with E-state index >= 15 is 0 Å². The number of esters is 1. The van der Waals surface area contributed by atoms with Crippen molar-refractivity contribution >= 4 is 45.1 Å². The van der Waals surface area contributed by atoms with Crippen LogP contribution in [0.5, 0.6) is 0 Å². The highest BCUT2D eigenvalue weighted by atomic mass is 79.9. The molecule has 1 aromatic rings. The summed E-state index contributed by atoms with van der Waals surface area (Å²) < 4.78 is 12.3. The van der Waals surface area contributed by atoms with Crippen LogP contribution in [0.1, 0.15) is 58.8 Å². The number of allylic oxidation sites excluding steroid dienone is 1. The normalized spacial score (nSPS) is 26.9. The molecule has 0 aromatic heterocycles. The lowest BCUT2D eigenvalue weighted by Gasteiger charge is -2.37. The summed E-state index contributed by atoms with van der Waals surface area (Å²) in [6, 6.07) is 6.96. The molecular weight excluding hydrogens is 626 g/mol. The Bertz CT molecular complexity index is 1170. The number of fused-ring (bicyclic) bond motifs is 1. The number of carbonyl (C=O) groups is 3. The van der Waals surface area contributed by atoms with Gasteiger partial charge in [0.15, 0.2) is 0 Å². The van der Waals surface area contributed by atoms with Crippen molar-refractivity contribution in [2.24, 2.45) is 11.8 Å². The molecule has 0 radical (unpaired) electrons. The van der Waals surface area contributed by atoms with E-state index < -0.39 is 35.6 Å². The number of benzene rings is 1. The van der Waals surface area contributed by atoms with Gasteiger partial charge in [-0.2, -0.15) is 0 Å². The van der Waals surface area contributed by atoms with E-state index in [1.807, 2.05) is 30.3 Å². The van der Waals surface area contributed by atoms with E-state index in [1.54, 1.807) is 15.9 Å². The van der Waals surface area contributed by atoms with Crippen molar-refractivity contribution in [1.82, 2.24) is 4.90 Å². The smallest absolute Gasteiger partial charge is 0.312 e. The first-order valence-electron chi connectivity index (χ1n) is 16.1. The molecule has 1 spiro atoms. The molecule has 44 heavy (non-hydrogen) atoms. The quantitative estimate of drug-likeness (QED) is 0.103. The highest BCUT2D eigenvalue weighted by Crippen LogP contribution is 2.60. The van der Waals surface area contributed by atoms with Crippen molar-refractivity contribution in [2.75, 3.05) is 49.2 Å². The molecule has 3 aliphatic heterocycles. The lowest BCUT2D eigenvalue weighted by atomic mass is 9.70. The number of carbonyl (C=O) groups excluding carboxylic acids is 3. The highest BCUT2D eigenvalue weighted by molar-refractivity contribution is 9.09. The van der Waals surface area contributed by atoms with Gasteiger partial charge >= 0.3 is 5.97 Å². The second-order valence-corrected chi connectivity index (χ2v) is 13.0. The van der Waals surface area contributed by atoms with Gasteiger partial charge in [-0.05, 0) is 83.1 Å². The van der Waals surface area contributed by atoms with E-state index in [0.29, 0.717) is 44.3 Å². The summed E-state index contributed by atoms with van der Waals surface area (Å²) in [7, 11) is 0. The molecular formula is C34H48BrN3O6. The van der Waals surface area contributed by atoms with Gasteiger partial charge in [0, 0.05) is 49.0 Å². The molecule has 2 bridgehead atoms. The minimum absolute atomic E-state index is 0.0657. The van der Waals surface area contributed by atoms with Crippen LogP contribution in [0.2, 0.25) is 0 Å². The van der Waals surface area contributed by atoms with E-state index in [-0.39, 0.29) is 36.4 Å². The van der Waals surface area contributed by atoms with Crippen LogP contribution in [-0.4, -0.2) is 89.8 Å². The Morgan fingerprint density at radius 3 is 2.43 bits per heavy atom. The van der Waals surface area contributed by atoms with Crippen LogP contribution >= 0.6 is 15.9 Å². The van der Waals surface area contributed by atoms with E-state index in [4.69, 9.17) is 9.47 Å². The molecule has 3 aliphatic rings. The van der Waals surface area contributed by atoms with Gasteiger partial charge in [0.2, 0.25) is 5.91 Å². The zero-order valence-corrected chi connectivity index (χ0v) is 27.8. The molecule has 4 rings (SSSR count). The lowest BCUT2D eigenvalue weighted by molar-refractivity contribution is -0.155. The van der Waals surface area contributed by atoms with Crippen LogP contribution in [0, 0.1) is 11.8 Å². The molecule has 2 amide bonds. The van der Waals surface area contributed by atoms with Crippen molar-refractivity contribution in [1.29, 1.82) is 0 Å². The van der Waals surface area contributed by atoms with Crippen molar-refractivity contribution in [3.63, 3.8) is 0 Å². The van der Waals surface area contributed by atoms with Gasteiger partial charge in [0.05, 0.1) is 24.5 Å². The highest BCUT2D eigenvalue weighted by Gasteiger charge is 2.77. The van der Waals surface area contributed by atoms with Crippen molar-refractivity contribution < 1.29 is 29.0 Å². The average molecular weight is 675 g/mol. The lowest BCUT2D eigenvalue weighted by Crippen LogP contribution is -2.57. The maximum atomic E-state index is 14.7. The first-order chi connectivity index (χ1) is 21.3. The number of alkyl halides is 1. The van der Waals surface area contributed by atoms with Crippen molar-refractivity contribution in [3.8, 4) is 0 Å². The van der Waals surface area contributed by atoms with Crippen LogP contribution < -0.4 is 9.80 Å². The van der Waals surface area contributed by atoms with E-state index in [9.17, 15) is 19.5 Å². The Hall–Kier alpha value is -2.69. The van der Waals surface area contributed by atoms with Crippen LogP contribution in [0.15, 0.2) is 49.6 Å². The molecule has 1 aromatic carbocycles. The van der Waals surface area contributed by atoms with Gasteiger partial charge in [-0.1, -0.05) is 28.1 Å². The Balaban J connectivity index is 1.67. The fourth-order valence-electron chi connectivity index (χ4n) is 7.18. The maximum Gasteiger partial charge on any atom is 0.312 e. The summed E-state index contributed by atoms with van der Waals surface area (Å²) in [4.78, 5) is 47.8. The second kappa shape index (κ2) is 15.5. The van der Waals surface area contributed by atoms with Gasteiger partial charge in [-0.25, -0.2) is 0 Å². The number of likely N-dealkylation sites (tertiary alicyclic amines) is 1. The molecule has 9 nitrogen and oxygen atoms in total. The molecule has 6 atom stereocenters. The molecule has 3 fully saturated rings. The molecule has 242 valence electrons. The number of nitrogens with zero attached hydrogens (tertiary/aromatic N) is 3. The molecule has 0 aliphatic carbocycles. The first kappa shape index (κ1) is 34.2. The van der Waals surface area contributed by atoms with Gasteiger partial charge in [-0.3, -0.25) is 14.4 Å². The van der Waals surface area contributed by atoms with E-state index in [2.05, 4.69) is 47.8 Å². The largest absolute Gasteiger partial charge is 0.465 e. The minimum atomic E-state index is -1.16. The maximum absolute atomic E-state index is 14.7. The summed E-state index contributed by atoms with van der Waals surface area (Å²) in [5.41, 5.74) is 0.615. The van der Waals surface area contributed by atoms with Gasteiger partial charge in [0.25, 0.3) is 5.91 Å². The fourth-order valence-corrected chi connectivity index (χ4v) is 8.12. The van der Waals surface area contributed by atoms with Crippen LogP contribution in [-0.2, 0) is 23.9 Å². The Kier molecular flexibility index (Phi) is 12.1. The first-order valence-corrected chi connectivity index (χ1v) is 17.0. The van der Waals surface area contributed by atoms with Crippen molar-refractivity contribution in [2.45, 2.75) is 81.4 Å². The third kappa shape index (κ3) is 6.63. The number of aliphatic hydroxyl groups is 1. The minimum Gasteiger partial charge on any atom is -0.465 e. The number of aliphatic hydroxyl groups excluding tert-OH is 1. The zero-order chi connectivity index (χ0) is 31.9. The zero-order valence-electron chi connectivity index (χ0n) is 26.2. The number of halogens is 1. The Labute approximate surface area is 270 Å². The van der Waals surface area contributed by atoms with Gasteiger partial charge < -0.3 is 29.3 Å². The molecule has 3 saturated heterocycles. The second-order valence-electron chi connectivity index (χ2n) is 11.9. The predicted octanol–water partition coefficient (Wildman–Crippen LogP) is 4.86. The summed E-state index contributed by atoms with van der Waals surface area (Å²) in [5.74, 6) is -2.53. The number of hydrogen-bond acceptors (Lipinski definition) is 7. The molecule has 1 N–H and O–H groups in total. The molecule has 3 heterocycles. The summed E-state index contributed by atoms with van der Waals surface area (Å²) in [5, 5.41) is 9.32. The standard InChI is InChI=1S/C34H48BrN3O6/c1-5-9-10-14-22-43-33(42)27-28-31(40)38(20-12-11-13-21-39)30(34(28)23-26(35)29(27)44-34)32(41)37(19-6-2)25-17-15-24(16-18-25)36(7-3)8-4/h5-6,15-18,26-30,39H,1-2,7-14,19-23H2,3-4H3/t26?,27-,28+,29-,30?,34?/m1/s1. The van der Waals surface area contributed by atoms with E-state index in [0.717, 1.165) is 31.6 Å². The van der Waals surface area contributed by atoms with Gasteiger partial charge in [-0.15, -0.1) is 13.2 Å². The fraction of sp³-hybridized carbons (Fsp3) is 0.618. The average Bonchev–Trinajstić information content (AvgIpc) is 3.62. The Morgan fingerprint density at radius 1 is 1.09 bits per heavy atom. The third-order valence-corrected chi connectivity index (χ3v) is 10.1. The monoisotopic (exact) mass is 673 g/mol. The van der Waals surface area contributed by atoms with Gasteiger partial charge in [0.1, 0.15) is 11.6 Å². The molecule has 3 unspecified atom stereocenters. The summed E-state index contributed by atoms with van der Waals surface area (Å²) in [6.45, 7) is 14.5. The van der Waals surface area contributed by atoms with Crippen LogP contribution in [0.25, 0.3) is 0 Å². The summed E-state index contributed by atoms with van der Waals surface area (Å²) >= 11 is 3.73. The number of unbranched alkanes of at least 4 members (excludes halogenated alkanes) is 4. The topological polar surface area (TPSA) is 99.6 Å². The van der Waals surface area contributed by atoms with Crippen molar-refractivity contribution in [3.05, 3.63) is 49.6 Å². The molecule has 0 saturated carbocycles. The predicted molar refractivity (Wildman–Crippen MR) is 176 cm³/mol. The number of hydrogen-bond donors (Lipinski definition) is 1. The number of rotatable bonds is 18. The summed E-state index contributed by atoms with van der Waals surface area (Å²) in [6.07, 6.45) is 7.75. The van der Waals surface area contributed by atoms with Crippen LogP contribution in [0.4, 0.5) is 11.4 Å². The Morgan fingerprint density at radius 2 is 1.80 bits per heavy atom. The van der Waals surface area contributed by atoms with Crippen LogP contribution in [0.3, 0.4) is 0 Å². The SMILES string of the molecule is C=CCCCCOC(=O)[C@H]1[C@@H]2OC3(CC2Br)C(C(=O)N(CC=C)c2ccc(N(CC)CC)cc2)N(CCCCCO)C(=O)[C@H]13. The number of amides is 2. The molecule has 10 heteroatoms. The third-order valence-electron chi connectivity index (χ3n) is 9.27.